The van der Waals surface area contributed by atoms with Gasteiger partial charge in [0.05, 0.1) is 0 Å². The Bertz CT molecular complexity index is 456. The lowest BCUT2D eigenvalue weighted by Gasteiger charge is -2.21. The molecule has 0 heterocycles. The molecule has 0 aliphatic carbocycles. The normalized spacial score (nSPS) is 11.5. The fourth-order valence-electron chi connectivity index (χ4n) is 2.00. The SMILES string of the molecule is CC(C)c1cccc(NC(=O)NCCCC(C)(C)CO)c1. The number of carbonyl (C=O) groups excluding carboxylic acids is 1. The number of aliphatic hydroxyl groups excluding tert-OH is 1. The van der Waals surface area contributed by atoms with E-state index in [1.165, 1.54) is 5.56 Å². The van der Waals surface area contributed by atoms with E-state index in [1.807, 2.05) is 32.0 Å². The van der Waals surface area contributed by atoms with Gasteiger partial charge in [0.15, 0.2) is 0 Å². The monoisotopic (exact) mass is 292 g/mol. The molecule has 1 aromatic rings. The summed E-state index contributed by atoms with van der Waals surface area (Å²) in [4.78, 5) is 11.8. The van der Waals surface area contributed by atoms with E-state index in [-0.39, 0.29) is 18.1 Å². The summed E-state index contributed by atoms with van der Waals surface area (Å²) in [7, 11) is 0. The average Bonchev–Trinajstić information content (AvgIpc) is 2.44. The van der Waals surface area contributed by atoms with Gasteiger partial charge in [-0.3, -0.25) is 0 Å². The standard InChI is InChI=1S/C17H28N2O2/c1-13(2)14-7-5-8-15(11-14)19-16(21)18-10-6-9-17(3,4)12-20/h5,7-8,11,13,20H,6,9-10,12H2,1-4H3,(H2,18,19,21). The first-order chi connectivity index (χ1) is 9.84. The van der Waals surface area contributed by atoms with Gasteiger partial charge in [-0.05, 0) is 41.9 Å². The van der Waals surface area contributed by atoms with E-state index in [0.29, 0.717) is 12.5 Å². The first-order valence-electron chi connectivity index (χ1n) is 7.60. The number of rotatable bonds is 7. The third-order valence-corrected chi connectivity index (χ3v) is 3.56. The van der Waals surface area contributed by atoms with Crippen LogP contribution in [-0.2, 0) is 0 Å². The summed E-state index contributed by atoms with van der Waals surface area (Å²) in [6.45, 7) is 9.07. The molecule has 2 amide bonds. The van der Waals surface area contributed by atoms with Crippen molar-refractivity contribution in [3.8, 4) is 0 Å². The molecule has 0 bridgehead atoms. The van der Waals surface area contributed by atoms with E-state index in [0.717, 1.165) is 18.5 Å². The summed E-state index contributed by atoms with van der Waals surface area (Å²) in [6.07, 6.45) is 1.74. The zero-order valence-electron chi connectivity index (χ0n) is 13.6. The minimum absolute atomic E-state index is 0.0796. The largest absolute Gasteiger partial charge is 0.396 e. The Kier molecular flexibility index (Phi) is 6.69. The highest BCUT2D eigenvalue weighted by atomic mass is 16.3. The predicted octanol–water partition coefficient (Wildman–Crippen LogP) is 3.73. The maximum atomic E-state index is 11.8. The molecule has 0 radical (unpaired) electrons. The van der Waals surface area contributed by atoms with Crippen LogP contribution in [0.15, 0.2) is 24.3 Å². The molecule has 0 aliphatic rings. The number of anilines is 1. The number of hydrogen-bond acceptors (Lipinski definition) is 2. The Labute approximate surface area is 128 Å². The second kappa shape index (κ2) is 8.03. The van der Waals surface area contributed by atoms with E-state index in [2.05, 4.69) is 30.5 Å². The quantitative estimate of drug-likeness (QED) is 0.671. The van der Waals surface area contributed by atoms with Crippen molar-refractivity contribution in [3.05, 3.63) is 29.8 Å². The van der Waals surface area contributed by atoms with Crippen LogP contribution in [0.4, 0.5) is 10.5 Å². The van der Waals surface area contributed by atoms with Gasteiger partial charge in [0, 0.05) is 18.8 Å². The molecule has 0 spiro atoms. The second-order valence-corrected chi connectivity index (χ2v) is 6.59. The molecule has 0 unspecified atom stereocenters. The third kappa shape index (κ3) is 6.63. The van der Waals surface area contributed by atoms with Gasteiger partial charge in [-0.15, -0.1) is 0 Å². The Balaban J connectivity index is 2.36. The highest BCUT2D eigenvalue weighted by molar-refractivity contribution is 5.89. The van der Waals surface area contributed by atoms with Crippen molar-refractivity contribution in [1.29, 1.82) is 0 Å². The van der Waals surface area contributed by atoms with Crippen molar-refractivity contribution in [2.45, 2.75) is 46.5 Å². The van der Waals surface area contributed by atoms with Crippen molar-refractivity contribution in [3.63, 3.8) is 0 Å². The Morgan fingerprint density at radius 2 is 2.05 bits per heavy atom. The minimum atomic E-state index is -0.183. The summed E-state index contributed by atoms with van der Waals surface area (Å²) in [6, 6.07) is 7.72. The van der Waals surface area contributed by atoms with E-state index in [1.54, 1.807) is 0 Å². The number of carbonyl (C=O) groups is 1. The zero-order chi connectivity index (χ0) is 15.9. The summed E-state index contributed by atoms with van der Waals surface area (Å²) in [5.74, 6) is 0.440. The Morgan fingerprint density at radius 1 is 1.33 bits per heavy atom. The molecule has 3 N–H and O–H groups in total. The number of benzene rings is 1. The smallest absolute Gasteiger partial charge is 0.319 e. The number of hydrogen-bond donors (Lipinski definition) is 3. The van der Waals surface area contributed by atoms with Crippen molar-refractivity contribution in [1.82, 2.24) is 5.32 Å². The molecule has 0 fully saturated rings. The minimum Gasteiger partial charge on any atom is -0.396 e. The van der Waals surface area contributed by atoms with Gasteiger partial charge in [0.2, 0.25) is 0 Å². The molecule has 21 heavy (non-hydrogen) atoms. The van der Waals surface area contributed by atoms with Gasteiger partial charge in [-0.1, -0.05) is 39.8 Å². The van der Waals surface area contributed by atoms with E-state index < -0.39 is 0 Å². The molecule has 0 saturated heterocycles. The highest BCUT2D eigenvalue weighted by Crippen LogP contribution is 2.20. The summed E-state index contributed by atoms with van der Waals surface area (Å²) < 4.78 is 0. The van der Waals surface area contributed by atoms with Crippen molar-refractivity contribution in [2.24, 2.45) is 5.41 Å². The topological polar surface area (TPSA) is 61.4 Å². The second-order valence-electron chi connectivity index (χ2n) is 6.59. The summed E-state index contributed by atoms with van der Waals surface area (Å²) in [5.41, 5.74) is 1.94. The Hall–Kier alpha value is -1.55. The molecule has 1 aromatic carbocycles. The highest BCUT2D eigenvalue weighted by Gasteiger charge is 2.15. The Morgan fingerprint density at radius 3 is 2.67 bits per heavy atom. The van der Waals surface area contributed by atoms with Crippen LogP contribution in [-0.4, -0.2) is 24.3 Å². The fraction of sp³-hybridized carbons (Fsp3) is 0.588. The van der Waals surface area contributed by atoms with Gasteiger partial charge >= 0.3 is 6.03 Å². The lowest BCUT2D eigenvalue weighted by Crippen LogP contribution is -2.30. The van der Waals surface area contributed by atoms with E-state index in [9.17, 15) is 4.79 Å². The molecule has 4 heteroatoms. The van der Waals surface area contributed by atoms with Gasteiger partial charge in [-0.25, -0.2) is 4.79 Å². The molecule has 0 aliphatic heterocycles. The van der Waals surface area contributed by atoms with Gasteiger partial charge in [0.25, 0.3) is 0 Å². The van der Waals surface area contributed by atoms with Gasteiger partial charge in [-0.2, -0.15) is 0 Å². The zero-order valence-corrected chi connectivity index (χ0v) is 13.6. The van der Waals surface area contributed by atoms with E-state index in [4.69, 9.17) is 5.11 Å². The number of urea groups is 1. The van der Waals surface area contributed by atoms with Crippen LogP contribution in [0, 0.1) is 5.41 Å². The molecule has 118 valence electrons. The molecule has 4 nitrogen and oxygen atoms in total. The first kappa shape index (κ1) is 17.5. The molecule has 0 saturated carbocycles. The van der Waals surface area contributed by atoms with Crippen LogP contribution in [0.1, 0.15) is 52.0 Å². The molecule has 1 rings (SSSR count). The van der Waals surface area contributed by atoms with E-state index >= 15 is 0 Å². The molecule has 0 aromatic heterocycles. The predicted molar refractivity (Wildman–Crippen MR) is 87.7 cm³/mol. The van der Waals surface area contributed by atoms with Gasteiger partial charge in [0.1, 0.15) is 0 Å². The number of amides is 2. The van der Waals surface area contributed by atoms with Crippen LogP contribution in [0.5, 0.6) is 0 Å². The van der Waals surface area contributed by atoms with Crippen molar-refractivity contribution < 1.29 is 9.90 Å². The van der Waals surface area contributed by atoms with Crippen LogP contribution in [0.25, 0.3) is 0 Å². The van der Waals surface area contributed by atoms with Crippen LogP contribution >= 0.6 is 0 Å². The molecular weight excluding hydrogens is 264 g/mol. The number of aliphatic hydroxyl groups is 1. The third-order valence-electron chi connectivity index (χ3n) is 3.56. The fourth-order valence-corrected chi connectivity index (χ4v) is 2.00. The van der Waals surface area contributed by atoms with Crippen LogP contribution in [0.3, 0.4) is 0 Å². The van der Waals surface area contributed by atoms with Crippen LogP contribution in [0.2, 0.25) is 0 Å². The average molecular weight is 292 g/mol. The molecular formula is C17H28N2O2. The molecule has 0 atom stereocenters. The lowest BCUT2D eigenvalue weighted by atomic mass is 9.89. The van der Waals surface area contributed by atoms with Gasteiger partial charge < -0.3 is 15.7 Å². The summed E-state index contributed by atoms with van der Waals surface area (Å²) >= 11 is 0. The van der Waals surface area contributed by atoms with Crippen molar-refractivity contribution >= 4 is 11.7 Å². The van der Waals surface area contributed by atoms with Crippen molar-refractivity contribution in [2.75, 3.05) is 18.5 Å². The van der Waals surface area contributed by atoms with Crippen LogP contribution < -0.4 is 10.6 Å². The maximum Gasteiger partial charge on any atom is 0.319 e. The first-order valence-corrected chi connectivity index (χ1v) is 7.60. The number of nitrogens with one attached hydrogen (secondary N) is 2. The summed E-state index contributed by atoms with van der Waals surface area (Å²) in [5, 5.41) is 14.9. The lowest BCUT2D eigenvalue weighted by molar-refractivity contribution is 0.148. The maximum absolute atomic E-state index is 11.8.